The van der Waals surface area contributed by atoms with Gasteiger partial charge in [-0.2, -0.15) is 0 Å². The van der Waals surface area contributed by atoms with Crippen LogP contribution in [0.15, 0.2) is 47.5 Å². The summed E-state index contributed by atoms with van der Waals surface area (Å²) < 4.78 is 0. The van der Waals surface area contributed by atoms with Gasteiger partial charge in [0.15, 0.2) is 5.78 Å². The maximum atomic E-state index is 13.3. The Kier molecular flexibility index (Phi) is 6.00. The summed E-state index contributed by atoms with van der Waals surface area (Å²) in [6, 6.07) is 13.2. The molecule has 1 fully saturated rings. The second-order valence-corrected chi connectivity index (χ2v) is 8.39. The molecule has 0 amide bonds. The predicted molar refractivity (Wildman–Crippen MR) is 120 cm³/mol. The van der Waals surface area contributed by atoms with Crippen molar-refractivity contribution in [1.29, 1.82) is 0 Å². The third-order valence-electron chi connectivity index (χ3n) is 5.57. The van der Waals surface area contributed by atoms with Crippen molar-refractivity contribution < 1.29 is 4.79 Å². The van der Waals surface area contributed by atoms with Crippen molar-refractivity contribution in [2.24, 2.45) is 0 Å². The van der Waals surface area contributed by atoms with E-state index < -0.39 is 0 Å². The highest BCUT2D eigenvalue weighted by atomic mass is 16.1. The molecule has 0 bridgehead atoms. The topological polar surface area (TPSA) is 20.3 Å². The summed E-state index contributed by atoms with van der Waals surface area (Å²) >= 11 is 0. The number of piperidine rings is 1. The molecule has 0 spiro atoms. The van der Waals surface area contributed by atoms with Gasteiger partial charge in [-0.25, -0.2) is 0 Å². The molecule has 2 aromatic rings. The van der Waals surface area contributed by atoms with Crippen LogP contribution in [-0.4, -0.2) is 29.8 Å². The van der Waals surface area contributed by atoms with Crippen molar-refractivity contribution in [2.75, 3.05) is 13.1 Å². The molecule has 0 N–H and O–H groups in total. The minimum Gasteiger partial charge on any atom is -0.292 e. The molecule has 2 aromatic carbocycles. The van der Waals surface area contributed by atoms with Gasteiger partial charge in [0.05, 0.1) is 0 Å². The molecule has 0 atom stereocenters. The van der Waals surface area contributed by atoms with Crippen LogP contribution in [0.5, 0.6) is 0 Å². The van der Waals surface area contributed by atoms with Crippen LogP contribution in [0.2, 0.25) is 0 Å². The Hall–Kier alpha value is -2.45. The van der Waals surface area contributed by atoms with Gasteiger partial charge in [-0.1, -0.05) is 47.5 Å². The lowest BCUT2D eigenvalue weighted by Gasteiger charge is -2.33. The van der Waals surface area contributed by atoms with Crippen molar-refractivity contribution in [3.63, 3.8) is 0 Å². The Morgan fingerprint density at radius 3 is 1.57 bits per heavy atom. The van der Waals surface area contributed by atoms with E-state index in [-0.39, 0.29) is 5.78 Å². The van der Waals surface area contributed by atoms with E-state index in [1.165, 1.54) is 22.3 Å². The maximum absolute atomic E-state index is 13.3. The van der Waals surface area contributed by atoms with Crippen LogP contribution in [0.25, 0.3) is 12.2 Å². The van der Waals surface area contributed by atoms with E-state index in [2.05, 4.69) is 95.0 Å². The standard InChI is InChI=1S/C26H31NO/c1-17(2)27-15-24(13-22-9-7-18(3)11-20(22)5)26(28)25(16-27)14-23-10-8-19(4)12-21(23)6/h7-14,17H,15-16H2,1-6H3. The van der Waals surface area contributed by atoms with Crippen molar-refractivity contribution >= 4 is 17.9 Å². The zero-order valence-electron chi connectivity index (χ0n) is 18.0. The molecule has 3 rings (SSSR count). The SMILES string of the molecule is Cc1ccc(C=C2CN(C(C)C)CC(=Cc3ccc(C)cc3C)C2=O)c(C)c1. The highest BCUT2D eigenvalue weighted by molar-refractivity contribution is 6.14. The largest absolute Gasteiger partial charge is 0.292 e. The number of aryl methyl sites for hydroxylation is 4. The Bertz CT molecular complexity index is 889. The minimum absolute atomic E-state index is 0.178. The number of Topliss-reactive ketones (excluding diaryl/α,β-unsaturated/α-hetero) is 1. The summed E-state index contributed by atoms with van der Waals surface area (Å²) in [5, 5.41) is 0. The van der Waals surface area contributed by atoms with Gasteiger partial charge in [0.25, 0.3) is 0 Å². The summed E-state index contributed by atoms with van der Waals surface area (Å²) in [7, 11) is 0. The van der Waals surface area contributed by atoms with Gasteiger partial charge in [0.1, 0.15) is 0 Å². The summed E-state index contributed by atoms with van der Waals surface area (Å²) in [4.78, 5) is 15.7. The van der Waals surface area contributed by atoms with Crippen LogP contribution in [0.4, 0.5) is 0 Å². The number of hydrogen-bond acceptors (Lipinski definition) is 2. The van der Waals surface area contributed by atoms with E-state index in [0.29, 0.717) is 19.1 Å². The molecule has 1 aliphatic heterocycles. The first-order chi connectivity index (χ1) is 13.2. The van der Waals surface area contributed by atoms with Crippen molar-refractivity contribution in [3.05, 3.63) is 80.9 Å². The number of hydrogen-bond donors (Lipinski definition) is 0. The van der Waals surface area contributed by atoms with E-state index in [1.807, 2.05) is 0 Å². The monoisotopic (exact) mass is 373 g/mol. The van der Waals surface area contributed by atoms with Crippen LogP contribution in [0.1, 0.15) is 47.2 Å². The zero-order chi connectivity index (χ0) is 20.4. The van der Waals surface area contributed by atoms with E-state index in [1.54, 1.807) is 0 Å². The van der Waals surface area contributed by atoms with E-state index >= 15 is 0 Å². The molecule has 1 heterocycles. The molecule has 28 heavy (non-hydrogen) atoms. The quantitative estimate of drug-likeness (QED) is 0.645. The second-order valence-electron chi connectivity index (χ2n) is 8.39. The molecule has 2 nitrogen and oxygen atoms in total. The van der Waals surface area contributed by atoms with E-state index in [4.69, 9.17) is 0 Å². The average Bonchev–Trinajstić information content (AvgIpc) is 2.62. The molecule has 146 valence electrons. The molecule has 1 aliphatic rings. The maximum Gasteiger partial charge on any atom is 0.187 e. The van der Waals surface area contributed by atoms with Gasteiger partial charge in [-0.05, 0) is 75.9 Å². The third kappa shape index (κ3) is 4.51. The highest BCUT2D eigenvalue weighted by Crippen LogP contribution is 2.25. The van der Waals surface area contributed by atoms with Crippen LogP contribution >= 0.6 is 0 Å². The van der Waals surface area contributed by atoms with Gasteiger partial charge in [0, 0.05) is 30.3 Å². The summed E-state index contributed by atoms with van der Waals surface area (Å²) in [5.41, 5.74) is 8.92. The first kappa shape index (κ1) is 20.3. The molecular weight excluding hydrogens is 342 g/mol. The smallest absolute Gasteiger partial charge is 0.187 e. The molecule has 1 saturated heterocycles. The first-order valence-electron chi connectivity index (χ1n) is 10.1. The second kappa shape index (κ2) is 8.28. The van der Waals surface area contributed by atoms with Crippen molar-refractivity contribution in [3.8, 4) is 0 Å². The molecular formula is C26H31NO. The number of benzene rings is 2. The zero-order valence-corrected chi connectivity index (χ0v) is 18.0. The van der Waals surface area contributed by atoms with Gasteiger partial charge in [-0.3, -0.25) is 9.69 Å². The third-order valence-corrected chi connectivity index (χ3v) is 5.57. The molecule has 0 saturated carbocycles. The van der Waals surface area contributed by atoms with Gasteiger partial charge < -0.3 is 0 Å². The summed E-state index contributed by atoms with van der Waals surface area (Å²) in [5.74, 6) is 0.178. The number of likely N-dealkylation sites (tertiary alicyclic amines) is 1. The number of carbonyl (C=O) groups is 1. The number of nitrogens with zero attached hydrogens (tertiary/aromatic N) is 1. The van der Waals surface area contributed by atoms with Gasteiger partial charge >= 0.3 is 0 Å². The van der Waals surface area contributed by atoms with E-state index in [9.17, 15) is 4.79 Å². The average molecular weight is 374 g/mol. The summed E-state index contributed by atoms with van der Waals surface area (Å²) in [6.45, 7) is 14.2. The lowest BCUT2D eigenvalue weighted by molar-refractivity contribution is -0.113. The Labute approximate surface area is 169 Å². The number of ketones is 1. The van der Waals surface area contributed by atoms with E-state index in [0.717, 1.165) is 22.3 Å². The lowest BCUT2D eigenvalue weighted by Crippen LogP contribution is -2.41. The highest BCUT2D eigenvalue weighted by Gasteiger charge is 2.27. The molecule has 2 heteroatoms. The van der Waals surface area contributed by atoms with Crippen LogP contribution in [-0.2, 0) is 4.79 Å². The predicted octanol–water partition coefficient (Wildman–Crippen LogP) is 5.68. The van der Waals surface area contributed by atoms with Crippen molar-refractivity contribution in [1.82, 2.24) is 4.90 Å². The Balaban J connectivity index is 2.03. The fourth-order valence-electron chi connectivity index (χ4n) is 3.78. The number of rotatable bonds is 3. The summed E-state index contributed by atoms with van der Waals surface area (Å²) in [6.07, 6.45) is 4.17. The lowest BCUT2D eigenvalue weighted by atomic mass is 9.91. The van der Waals surface area contributed by atoms with Crippen LogP contribution < -0.4 is 0 Å². The minimum atomic E-state index is 0.178. The van der Waals surface area contributed by atoms with Gasteiger partial charge in [0.2, 0.25) is 0 Å². The molecule has 0 aromatic heterocycles. The number of carbonyl (C=O) groups excluding carboxylic acids is 1. The Morgan fingerprint density at radius 2 is 1.21 bits per heavy atom. The fraction of sp³-hybridized carbons (Fsp3) is 0.346. The van der Waals surface area contributed by atoms with Crippen LogP contribution in [0, 0.1) is 27.7 Å². The molecule has 0 unspecified atom stereocenters. The molecule has 0 radical (unpaired) electrons. The van der Waals surface area contributed by atoms with Crippen LogP contribution in [0.3, 0.4) is 0 Å². The van der Waals surface area contributed by atoms with Gasteiger partial charge in [-0.15, -0.1) is 0 Å². The Morgan fingerprint density at radius 1 is 0.786 bits per heavy atom. The normalized spacial score (nSPS) is 18.5. The first-order valence-corrected chi connectivity index (χ1v) is 10.1. The fourth-order valence-corrected chi connectivity index (χ4v) is 3.78. The molecule has 0 aliphatic carbocycles. The van der Waals surface area contributed by atoms with Crippen molar-refractivity contribution in [2.45, 2.75) is 47.6 Å².